The van der Waals surface area contributed by atoms with Crippen molar-refractivity contribution < 1.29 is 22.0 Å². The molecule has 0 atom stereocenters. The van der Waals surface area contributed by atoms with E-state index in [4.69, 9.17) is 5.73 Å². The van der Waals surface area contributed by atoms with Crippen LogP contribution in [-0.2, 0) is 10.0 Å². The van der Waals surface area contributed by atoms with Crippen molar-refractivity contribution in [1.82, 2.24) is 0 Å². The lowest BCUT2D eigenvalue weighted by Crippen LogP contribution is -2.20. The second kappa shape index (κ2) is 4.66. The molecule has 0 aliphatic rings. The standard InChI is InChI=1S/C9H10F2N2O3S/c1-2-17(15,16)13-6-4-3-5(10)7(8(6)11)9(12)14/h3-4,13H,2H2,1H3,(H2,12,14). The Morgan fingerprint density at radius 3 is 2.47 bits per heavy atom. The molecule has 0 aromatic heterocycles. The monoisotopic (exact) mass is 264 g/mol. The number of hydrogen-bond acceptors (Lipinski definition) is 3. The molecule has 1 aromatic carbocycles. The van der Waals surface area contributed by atoms with Gasteiger partial charge in [-0.2, -0.15) is 0 Å². The molecule has 1 rings (SSSR count). The van der Waals surface area contributed by atoms with Crippen LogP contribution < -0.4 is 10.5 Å². The third-order valence-electron chi connectivity index (χ3n) is 1.98. The first-order valence-corrected chi connectivity index (χ1v) is 6.22. The summed E-state index contributed by atoms with van der Waals surface area (Å²) in [4.78, 5) is 10.8. The average Bonchev–Trinajstić information content (AvgIpc) is 2.22. The smallest absolute Gasteiger partial charge is 0.254 e. The molecular weight excluding hydrogens is 254 g/mol. The van der Waals surface area contributed by atoms with Crippen LogP contribution in [0.1, 0.15) is 17.3 Å². The van der Waals surface area contributed by atoms with E-state index in [2.05, 4.69) is 0 Å². The van der Waals surface area contributed by atoms with E-state index in [9.17, 15) is 22.0 Å². The highest BCUT2D eigenvalue weighted by Gasteiger charge is 2.20. The number of anilines is 1. The summed E-state index contributed by atoms with van der Waals surface area (Å²) in [6, 6.07) is 1.64. The summed E-state index contributed by atoms with van der Waals surface area (Å²) >= 11 is 0. The van der Waals surface area contributed by atoms with Gasteiger partial charge in [0.25, 0.3) is 5.91 Å². The summed E-state index contributed by atoms with van der Waals surface area (Å²) in [6.07, 6.45) is 0. The molecule has 0 bridgehead atoms. The molecule has 1 amide bonds. The Hall–Kier alpha value is -1.70. The van der Waals surface area contributed by atoms with Crippen LogP contribution in [0.25, 0.3) is 0 Å². The van der Waals surface area contributed by atoms with E-state index in [-0.39, 0.29) is 5.75 Å². The Morgan fingerprint density at radius 2 is 2.00 bits per heavy atom. The minimum atomic E-state index is -3.71. The molecule has 0 fully saturated rings. The summed E-state index contributed by atoms with van der Waals surface area (Å²) in [7, 11) is -3.71. The van der Waals surface area contributed by atoms with Gasteiger partial charge in [0.2, 0.25) is 10.0 Å². The number of amides is 1. The lowest BCUT2D eigenvalue weighted by molar-refractivity contribution is 0.0992. The van der Waals surface area contributed by atoms with Gasteiger partial charge in [-0.15, -0.1) is 0 Å². The number of halogens is 2. The van der Waals surface area contributed by atoms with E-state index in [0.717, 1.165) is 12.1 Å². The second-order valence-electron chi connectivity index (χ2n) is 3.15. The maximum atomic E-state index is 13.6. The molecule has 0 heterocycles. The van der Waals surface area contributed by atoms with Crippen molar-refractivity contribution in [3.63, 3.8) is 0 Å². The fraction of sp³-hybridized carbons (Fsp3) is 0.222. The Kier molecular flexibility index (Phi) is 3.66. The fourth-order valence-corrected chi connectivity index (χ4v) is 1.73. The molecule has 8 heteroatoms. The van der Waals surface area contributed by atoms with Crippen molar-refractivity contribution in [3.05, 3.63) is 29.3 Å². The van der Waals surface area contributed by atoms with Crippen LogP contribution in [0.4, 0.5) is 14.5 Å². The first kappa shape index (κ1) is 13.4. The van der Waals surface area contributed by atoms with Crippen molar-refractivity contribution in [2.24, 2.45) is 5.73 Å². The predicted octanol–water partition coefficient (Wildman–Crippen LogP) is 0.825. The fourth-order valence-electron chi connectivity index (χ4n) is 1.10. The maximum Gasteiger partial charge on any atom is 0.254 e. The molecular formula is C9H10F2N2O3S. The third-order valence-corrected chi connectivity index (χ3v) is 3.27. The zero-order valence-corrected chi connectivity index (χ0v) is 9.64. The van der Waals surface area contributed by atoms with Crippen molar-refractivity contribution >= 4 is 21.6 Å². The summed E-state index contributed by atoms with van der Waals surface area (Å²) in [5.74, 6) is -4.06. The second-order valence-corrected chi connectivity index (χ2v) is 5.16. The quantitative estimate of drug-likeness (QED) is 0.843. The normalized spacial score (nSPS) is 11.2. The summed E-state index contributed by atoms with van der Waals surface area (Å²) < 4.78 is 50.9. The number of carbonyl (C=O) groups excluding carboxylic acids is 1. The highest BCUT2D eigenvalue weighted by molar-refractivity contribution is 7.92. The van der Waals surface area contributed by atoms with Crippen molar-refractivity contribution in [2.45, 2.75) is 6.92 Å². The zero-order chi connectivity index (χ0) is 13.2. The third kappa shape index (κ3) is 2.90. The van der Waals surface area contributed by atoms with Gasteiger partial charge in [0.15, 0.2) is 5.82 Å². The molecule has 94 valence electrons. The molecule has 3 N–H and O–H groups in total. The molecule has 0 unspecified atom stereocenters. The maximum absolute atomic E-state index is 13.6. The summed E-state index contributed by atoms with van der Waals surface area (Å²) in [5.41, 5.74) is 3.30. The van der Waals surface area contributed by atoms with Gasteiger partial charge in [-0.3, -0.25) is 9.52 Å². The summed E-state index contributed by atoms with van der Waals surface area (Å²) in [6.45, 7) is 1.35. The number of rotatable bonds is 4. The molecule has 0 aliphatic carbocycles. The van der Waals surface area contributed by atoms with Crippen LogP contribution in [0.15, 0.2) is 12.1 Å². The molecule has 0 aliphatic heterocycles. The van der Waals surface area contributed by atoms with Crippen molar-refractivity contribution in [3.8, 4) is 0 Å². The van der Waals surface area contributed by atoms with E-state index in [1.807, 2.05) is 4.72 Å². The van der Waals surface area contributed by atoms with Gasteiger partial charge in [-0.1, -0.05) is 0 Å². The Labute approximate surface area is 96.7 Å². The molecule has 0 saturated carbocycles. The summed E-state index contributed by atoms with van der Waals surface area (Å²) in [5, 5.41) is 0. The SMILES string of the molecule is CCS(=O)(=O)Nc1ccc(F)c(C(N)=O)c1F. The first-order valence-electron chi connectivity index (χ1n) is 4.56. The Balaban J connectivity index is 3.30. The number of nitrogens with two attached hydrogens (primary N) is 1. The molecule has 1 aromatic rings. The Morgan fingerprint density at radius 1 is 1.41 bits per heavy atom. The van der Waals surface area contributed by atoms with Gasteiger partial charge in [-0.25, -0.2) is 17.2 Å². The number of sulfonamides is 1. The predicted molar refractivity (Wildman–Crippen MR) is 58.0 cm³/mol. The molecule has 0 spiro atoms. The van der Waals surface area contributed by atoms with Crippen LogP contribution in [0.5, 0.6) is 0 Å². The van der Waals surface area contributed by atoms with Crippen molar-refractivity contribution in [2.75, 3.05) is 10.5 Å². The van der Waals surface area contributed by atoms with Gasteiger partial charge >= 0.3 is 0 Å². The molecule has 0 radical (unpaired) electrons. The van der Waals surface area contributed by atoms with Crippen LogP contribution in [0.3, 0.4) is 0 Å². The highest BCUT2D eigenvalue weighted by Crippen LogP contribution is 2.21. The van der Waals surface area contributed by atoms with Gasteiger partial charge in [0, 0.05) is 0 Å². The topological polar surface area (TPSA) is 89.3 Å². The number of nitrogens with one attached hydrogen (secondary N) is 1. The molecule has 5 nitrogen and oxygen atoms in total. The Bertz CT molecular complexity index is 558. The van der Waals surface area contributed by atoms with Crippen LogP contribution in [-0.4, -0.2) is 20.1 Å². The molecule has 0 saturated heterocycles. The van der Waals surface area contributed by atoms with Crippen LogP contribution >= 0.6 is 0 Å². The zero-order valence-electron chi connectivity index (χ0n) is 8.83. The van der Waals surface area contributed by atoms with E-state index in [1.165, 1.54) is 6.92 Å². The van der Waals surface area contributed by atoms with E-state index < -0.39 is 38.8 Å². The van der Waals surface area contributed by atoms with Gasteiger partial charge in [0.05, 0.1) is 11.4 Å². The molecule has 17 heavy (non-hydrogen) atoms. The van der Waals surface area contributed by atoms with Gasteiger partial charge < -0.3 is 5.73 Å². The number of primary amides is 1. The largest absolute Gasteiger partial charge is 0.365 e. The number of hydrogen-bond donors (Lipinski definition) is 2. The highest BCUT2D eigenvalue weighted by atomic mass is 32.2. The lowest BCUT2D eigenvalue weighted by Gasteiger charge is -2.09. The minimum Gasteiger partial charge on any atom is -0.365 e. The van der Waals surface area contributed by atoms with Gasteiger partial charge in [-0.05, 0) is 19.1 Å². The van der Waals surface area contributed by atoms with Crippen molar-refractivity contribution in [1.29, 1.82) is 0 Å². The van der Waals surface area contributed by atoms with Crippen LogP contribution in [0.2, 0.25) is 0 Å². The lowest BCUT2D eigenvalue weighted by atomic mass is 10.1. The van der Waals surface area contributed by atoms with Gasteiger partial charge in [0.1, 0.15) is 11.4 Å². The first-order chi connectivity index (χ1) is 7.78. The number of benzene rings is 1. The van der Waals surface area contributed by atoms with E-state index >= 15 is 0 Å². The minimum absolute atomic E-state index is 0.282. The van der Waals surface area contributed by atoms with E-state index in [0.29, 0.717) is 0 Å². The average molecular weight is 264 g/mol. The van der Waals surface area contributed by atoms with Crippen LogP contribution in [0, 0.1) is 11.6 Å². The van der Waals surface area contributed by atoms with E-state index in [1.54, 1.807) is 0 Å². The number of carbonyl (C=O) groups is 1.